The van der Waals surface area contributed by atoms with Gasteiger partial charge in [-0.05, 0) is 18.2 Å². The second-order valence-electron chi connectivity index (χ2n) is 4.76. The molecule has 8 nitrogen and oxygen atoms in total. The normalized spacial score (nSPS) is 11.3. The summed E-state index contributed by atoms with van der Waals surface area (Å²) in [6.45, 7) is 0. The van der Waals surface area contributed by atoms with Crippen LogP contribution in [0.1, 0.15) is 15.9 Å². The summed E-state index contributed by atoms with van der Waals surface area (Å²) < 4.78 is 34.7. The maximum Gasteiger partial charge on any atom is 0.336 e. The number of methoxy groups -OCH3 is 2. The molecule has 0 radical (unpaired) electrons. The van der Waals surface area contributed by atoms with Crippen molar-refractivity contribution in [1.82, 2.24) is 4.83 Å². The van der Waals surface area contributed by atoms with Gasteiger partial charge in [0.25, 0.3) is 10.0 Å². The first-order chi connectivity index (χ1) is 11.9. The number of hydrogen-bond donors (Lipinski definition) is 2. The number of carbonyl (C=O) groups is 1. The van der Waals surface area contributed by atoms with Gasteiger partial charge in [-0.3, -0.25) is 0 Å². The summed E-state index contributed by atoms with van der Waals surface area (Å²) in [6, 6.07) is 10.2. The van der Waals surface area contributed by atoms with E-state index >= 15 is 0 Å². The van der Waals surface area contributed by atoms with E-state index in [0.717, 1.165) is 6.21 Å². The van der Waals surface area contributed by atoms with Gasteiger partial charge < -0.3 is 14.6 Å². The Bertz CT molecular complexity index is 909. The molecule has 132 valence electrons. The maximum absolute atomic E-state index is 12.3. The van der Waals surface area contributed by atoms with Crippen LogP contribution in [0.2, 0.25) is 0 Å². The lowest BCUT2D eigenvalue weighted by atomic mass is 10.1. The standard InChI is InChI=1S/C16H16N2O6S/c1-23-14-8-7-12(9-15(14)24-2)25(21,22)18-17-10-11-5-3-4-6-13(11)16(19)20/h3-10,18H,1-2H3,(H,19,20)/b17-10+. The number of ether oxygens (including phenoxy) is 2. The first-order valence-electron chi connectivity index (χ1n) is 6.98. The molecule has 0 aliphatic carbocycles. The Morgan fingerprint density at radius 2 is 1.80 bits per heavy atom. The number of aromatic carboxylic acids is 1. The van der Waals surface area contributed by atoms with E-state index in [-0.39, 0.29) is 21.8 Å². The summed E-state index contributed by atoms with van der Waals surface area (Å²) >= 11 is 0. The van der Waals surface area contributed by atoms with Crippen LogP contribution in [0.4, 0.5) is 0 Å². The van der Waals surface area contributed by atoms with E-state index < -0.39 is 16.0 Å². The predicted octanol–water partition coefficient (Wildman–Crippen LogP) is 1.71. The van der Waals surface area contributed by atoms with Gasteiger partial charge in [0.1, 0.15) is 0 Å². The molecule has 0 aromatic heterocycles. The van der Waals surface area contributed by atoms with Gasteiger partial charge in [0.05, 0.1) is 30.9 Å². The molecule has 0 amide bonds. The van der Waals surface area contributed by atoms with Crippen molar-refractivity contribution >= 4 is 22.2 Å². The Kier molecular flexibility index (Phi) is 5.60. The van der Waals surface area contributed by atoms with Crippen molar-refractivity contribution in [1.29, 1.82) is 0 Å². The molecule has 0 aliphatic heterocycles. The second kappa shape index (κ2) is 7.67. The second-order valence-corrected chi connectivity index (χ2v) is 6.42. The quantitative estimate of drug-likeness (QED) is 0.571. The zero-order valence-corrected chi connectivity index (χ0v) is 14.3. The average molecular weight is 364 g/mol. The van der Waals surface area contributed by atoms with Crippen molar-refractivity contribution in [3.05, 3.63) is 53.6 Å². The van der Waals surface area contributed by atoms with Crippen molar-refractivity contribution in [3.63, 3.8) is 0 Å². The molecular formula is C16H16N2O6S. The van der Waals surface area contributed by atoms with Crippen LogP contribution in [0, 0.1) is 0 Å². The molecule has 9 heteroatoms. The fourth-order valence-electron chi connectivity index (χ4n) is 2.01. The van der Waals surface area contributed by atoms with Crippen LogP contribution < -0.4 is 14.3 Å². The highest BCUT2D eigenvalue weighted by molar-refractivity contribution is 7.89. The molecule has 0 bridgehead atoms. The van der Waals surface area contributed by atoms with Crippen LogP contribution in [-0.4, -0.2) is 39.9 Å². The number of carboxylic acids is 1. The summed E-state index contributed by atoms with van der Waals surface area (Å²) in [5, 5.41) is 12.7. The Balaban J connectivity index is 2.24. The van der Waals surface area contributed by atoms with E-state index in [9.17, 15) is 13.2 Å². The number of nitrogens with one attached hydrogen (secondary N) is 1. The van der Waals surface area contributed by atoms with Crippen LogP contribution in [0.25, 0.3) is 0 Å². The van der Waals surface area contributed by atoms with Gasteiger partial charge in [-0.15, -0.1) is 0 Å². The molecule has 2 N–H and O–H groups in total. The zero-order chi connectivity index (χ0) is 18.4. The minimum atomic E-state index is -3.95. The summed E-state index contributed by atoms with van der Waals surface area (Å²) in [4.78, 5) is 13.1. The molecule has 0 saturated heterocycles. The number of hydrogen-bond acceptors (Lipinski definition) is 6. The van der Waals surface area contributed by atoms with E-state index in [1.54, 1.807) is 12.1 Å². The first-order valence-corrected chi connectivity index (χ1v) is 8.46. The van der Waals surface area contributed by atoms with E-state index in [4.69, 9.17) is 14.6 Å². The van der Waals surface area contributed by atoms with E-state index in [2.05, 4.69) is 5.10 Å². The zero-order valence-electron chi connectivity index (χ0n) is 13.5. The molecule has 2 rings (SSSR count). The molecule has 0 atom stereocenters. The van der Waals surface area contributed by atoms with E-state index in [1.807, 2.05) is 4.83 Å². The molecule has 0 spiro atoms. The molecule has 0 heterocycles. The fourth-order valence-corrected chi connectivity index (χ4v) is 2.81. The number of hydrazone groups is 1. The molecule has 2 aromatic carbocycles. The van der Waals surface area contributed by atoms with Crippen LogP contribution in [0.3, 0.4) is 0 Å². The SMILES string of the molecule is COc1ccc(S(=O)(=O)N/N=C/c2ccccc2C(=O)O)cc1OC. The minimum absolute atomic E-state index is 0.0107. The minimum Gasteiger partial charge on any atom is -0.493 e. The highest BCUT2D eigenvalue weighted by atomic mass is 32.2. The lowest BCUT2D eigenvalue weighted by Gasteiger charge is -2.09. The van der Waals surface area contributed by atoms with Gasteiger partial charge in [-0.1, -0.05) is 18.2 Å². The van der Waals surface area contributed by atoms with Crippen LogP contribution >= 0.6 is 0 Å². The number of sulfonamides is 1. The monoisotopic (exact) mass is 364 g/mol. The highest BCUT2D eigenvalue weighted by Crippen LogP contribution is 2.29. The Hall–Kier alpha value is -3.07. The topological polar surface area (TPSA) is 114 Å². The third-order valence-corrected chi connectivity index (χ3v) is 4.45. The summed E-state index contributed by atoms with van der Waals surface area (Å²) in [5.74, 6) is -0.490. The maximum atomic E-state index is 12.3. The molecule has 2 aromatic rings. The number of benzene rings is 2. The highest BCUT2D eigenvalue weighted by Gasteiger charge is 2.16. The third-order valence-electron chi connectivity index (χ3n) is 3.23. The van der Waals surface area contributed by atoms with Gasteiger partial charge in [-0.2, -0.15) is 13.5 Å². The molecule has 0 unspecified atom stereocenters. The number of nitrogens with zero attached hydrogens (tertiary/aromatic N) is 1. The van der Waals surface area contributed by atoms with Crippen molar-refractivity contribution in [2.45, 2.75) is 4.90 Å². The average Bonchev–Trinajstić information content (AvgIpc) is 2.61. The van der Waals surface area contributed by atoms with Crippen molar-refractivity contribution in [2.75, 3.05) is 14.2 Å². The summed E-state index contributed by atoms with van der Waals surface area (Å²) in [6.07, 6.45) is 1.13. The van der Waals surface area contributed by atoms with Gasteiger partial charge in [0.15, 0.2) is 11.5 Å². The predicted molar refractivity (Wildman–Crippen MR) is 90.9 cm³/mol. The van der Waals surface area contributed by atoms with Crippen LogP contribution in [-0.2, 0) is 10.0 Å². The van der Waals surface area contributed by atoms with Gasteiger partial charge in [-0.25, -0.2) is 9.63 Å². The van der Waals surface area contributed by atoms with Gasteiger partial charge in [0, 0.05) is 11.6 Å². The van der Waals surface area contributed by atoms with Crippen molar-refractivity contribution < 1.29 is 27.8 Å². The molecule has 25 heavy (non-hydrogen) atoms. The van der Waals surface area contributed by atoms with E-state index in [1.165, 1.54) is 44.6 Å². The lowest BCUT2D eigenvalue weighted by Crippen LogP contribution is -2.18. The Morgan fingerprint density at radius 3 is 2.44 bits per heavy atom. The van der Waals surface area contributed by atoms with Crippen molar-refractivity contribution in [2.24, 2.45) is 5.10 Å². The van der Waals surface area contributed by atoms with Crippen LogP contribution in [0.15, 0.2) is 52.5 Å². The van der Waals surface area contributed by atoms with Crippen LogP contribution in [0.5, 0.6) is 11.5 Å². The molecular weight excluding hydrogens is 348 g/mol. The molecule has 0 aliphatic rings. The smallest absolute Gasteiger partial charge is 0.336 e. The molecule has 0 fully saturated rings. The number of carboxylic acid groups (broad SMARTS) is 1. The third kappa shape index (κ3) is 4.27. The largest absolute Gasteiger partial charge is 0.493 e. The van der Waals surface area contributed by atoms with Gasteiger partial charge in [0.2, 0.25) is 0 Å². The lowest BCUT2D eigenvalue weighted by molar-refractivity contribution is 0.0696. The fraction of sp³-hybridized carbons (Fsp3) is 0.125. The summed E-state index contributed by atoms with van der Waals surface area (Å²) in [7, 11) is -1.12. The van der Waals surface area contributed by atoms with E-state index in [0.29, 0.717) is 5.75 Å². The number of rotatable bonds is 7. The Labute approximate surface area is 144 Å². The van der Waals surface area contributed by atoms with Gasteiger partial charge >= 0.3 is 5.97 Å². The summed E-state index contributed by atoms with van der Waals surface area (Å²) in [5.41, 5.74) is 0.279. The van der Waals surface area contributed by atoms with Crippen molar-refractivity contribution in [3.8, 4) is 11.5 Å². The Morgan fingerprint density at radius 1 is 1.12 bits per heavy atom. The molecule has 0 saturated carbocycles. The first kappa shape index (κ1) is 18.3.